The largest absolute Gasteiger partial charge is 0.419 e. The Morgan fingerprint density at radius 2 is 1.84 bits per heavy atom. The third-order valence-corrected chi connectivity index (χ3v) is 7.45. The summed E-state index contributed by atoms with van der Waals surface area (Å²) in [6.07, 6.45) is 0.752. The molecule has 0 saturated carbocycles. The summed E-state index contributed by atoms with van der Waals surface area (Å²) in [7, 11) is 0. The van der Waals surface area contributed by atoms with Crippen LogP contribution < -0.4 is 10.6 Å². The van der Waals surface area contributed by atoms with E-state index in [0.717, 1.165) is 19.2 Å². The highest BCUT2D eigenvalue weighted by molar-refractivity contribution is 5.99. The highest BCUT2D eigenvalue weighted by Gasteiger charge is 2.42. The minimum absolute atomic E-state index is 0.0303. The van der Waals surface area contributed by atoms with Gasteiger partial charge in [-0.25, -0.2) is 17.6 Å². The zero-order valence-electron chi connectivity index (χ0n) is 23.8. The molecule has 0 fully saturated rings. The number of nitrogens with two attached hydrogens (primary N) is 1. The molecule has 5 rings (SSSR count). The van der Waals surface area contributed by atoms with Gasteiger partial charge in [-0.2, -0.15) is 5.26 Å². The number of fused-ring (bicyclic) bond motifs is 1. The van der Waals surface area contributed by atoms with Crippen LogP contribution in [0.4, 0.5) is 23.2 Å². The molecule has 222 valence electrons. The number of aromatic nitrogens is 3. The third kappa shape index (κ3) is 5.72. The average Bonchev–Trinajstić information content (AvgIpc) is 3.44. The number of nitriles is 1. The van der Waals surface area contributed by atoms with Crippen LogP contribution in [0.5, 0.6) is 0 Å². The Labute approximate surface area is 245 Å². The molecule has 0 saturated heterocycles. The predicted molar refractivity (Wildman–Crippen MR) is 150 cm³/mol. The molecule has 8 nitrogen and oxygen atoms in total. The Morgan fingerprint density at radius 3 is 2.44 bits per heavy atom. The number of alkyl halides is 3. The molecule has 2 atom stereocenters. The number of amides is 1. The van der Waals surface area contributed by atoms with Gasteiger partial charge in [-0.3, -0.25) is 9.78 Å². The highest BCUT2D eigenvalue weighted by Crippen LogP contribution is 2.44. The van der Waals surface area contributed by atoms with Gasteiger partial charge >= 0.3 is 0 Å². The number of carbonyl (C=O) groups is 1. The second-order valence-electron chi connectivity index (χ2n) is 11.4. The van der Waals surface area contributed by atoms with Crippen LogP contribution in [0.3, 0.4) is 0 Å². The topological polar surface area (TPSA) is 122 Å². The number of hydrogen-bond acceptors (Lipinski definition) is 7. The van der Waals surface area contributed by atoms with Gasteiger partial charge in [0.25, 0.3) is 11.8 Å². The first kappa shape index (κ1) is 29.8. The lowest BCUT2D eigenvalue weighted by molar-refractivity contribution is -0.120. The van der Waals surface area contributed by atoms with Crippen LogP contribution in [0.25, 0.3) is 22.7 Å². The second kappa shape index (κ2) is 10.6. The average molecular weight is 593 g/mol. The summed E-state index contributed by atoms with van der Waals surface area (Å²) in [5, 5.41) is 17.2. The summed E-state index contributed by atoms with van der Waals surface area (Å²) in [4.78, 5) is 18.9. The molecule has 1 unspecified atom stereocenters. The molecule has 2 N–H and O–H groups in total. The van der Waals surface area contributed by atoms with Gasteiger partial charge in [0.05, 0.1) is 35.6 Å². The van der Waals surface area contributed by atoms with Crippen molar-refractivity contribution >= 4 is 11.6 Å². The quantitative estimate of drug-likeness (QED) is 0.261. The normalized spacial score (nSPS) is 19.1. The van der Waals surface area contributed by atoms with Gasteiger partial charge in [0.2, 0.25) is 11.8 Å². The maximum Gasteiger partial charge on any atom is 0.272 e. The molecule has 0 bridgehead atoms. The SMILES string of the molecule is CC(F)(F)c1ccc(-c2ccc(CN3C(=O)[C@H](N)CC(C)(F)c4cc(F)c(-c5nnc(C(C)(C)C#N)o5)cc43)cc2)nc1. The maximum absolute atomic E-state index is 16.0. The van der Waals surface area contributed by atoms with Crippen molar-refractivity contribution in [2.75, 3.05) is 4.90 Å². The minimum atomic E-state index is -3.01. The molecule has 3 heterocycles. The summed E-state index contributed by atoms with van der Waals surface area (Å²) in [6.45, 7) is 5.13. The van der Waals surface area contributed by atoms with Crippen LogP contribution in [0, 0.1) is 17.1 Å². The Hall–Kier alpha value is -4.63. The monoisotopic (exact) mass is 592 g/mol. The van der Waals surface area contributed by atoms with Gasteiger partial charge in [0.15, 0.2) is 0 Å². The first-order chi connectivity index (χ1) is 20.1. The summed E-state index contributed by atoms with van der Waals surface area (Å²) in [5.74, 6) is -4.69. The number of rotatable bonds is 6. The van der Waals surface area contributed by atoms with Gasteiger partial charge in [0, 0.05) is 36.2 Å². The molecule has 1 amide bonds. The fourth-order valence-corrected chi connectivity index (χ4v) is 4.88. The van der Waals surface area contributed by atoms with E-state index in [9.17, 15) is 18.8 Å². The van der Waals surface area contributed by atoms with Gasteiger partial charge in [-0.15, -0.1) is 10.2 Å². The van der Waals surface area contributed by atoms with Gasteiger partial charge < -0.3 is 15.1 Å². The van der Waals surface area contributed by atoms with E-state index in [1.165, 1.54) is 30.0 Å². The molecule has 1 aliphatic rings. The van der Waals surface area contributed by atoms with E-state index in [1.54, 1.807) is 38.1 Å². The molecule has 2 aromatic heterocycles. The molecule has 0 aliphatic carbocycles. The van der Waals surface area contributed by atoms with E-state index in [4.69, 9.17) is 10.2 Å². The number of hydrogen-bond donors (Lipinski definition) is 1. The van der Waals surface area contributed by atoms with Crippen LogP contribution in [0.1, 0.15) is 56.7 Å². The minimum Gasteiger partial charge on any atom is -0.419 e. The van der Waals surface area contributed by atoms with E-state index in [0.29, 0.717) is 16.8 Å². The fourth-order valence-electron chi connectivity index (χ4n) is 4.88. The first-order valence-corrected chi connectivity index (χ1v) is 13.4. The van der Waals surface area contributed by atoms with Crippen molar-refractivity contribution in [1.29, 1.82) is 5.26 Å². The second-order valence-corrected chi connectivity index (χ2v) is 11.4. The van der Waals surface area contributed by atoms with Crippen LogP contribution in [-0.2, 0) is 28.3 Å². The molecular formula is C31H28F4N6O2. The molecule has 43 heavy (non-hydrogen) atoms. The summed E-state index contributed by atoms with van der Waals surface area (Å²) < 4.78 is 64.1. The molecule has 12 heteroatoms. The zero-order valence-corrected chi connectivity index (χ0v) is 23.8. The Balaban J connectivity index is 1.52. The van der Waals surface area contributed by atoms with Crippen molar-refractivity contribution in [1.82, 2.24) is 15.2 Å². The third-order valence-electron chi connectivity index (χ3n) is 7.45. The van der Waals surface area contributed by atoms with Gasteiger partial charge in [-0.1, -0.05) is 24.3 Å². The van der Waals surface area contributed by atoms with Gasteiger partial charge in [-0.05, 0) is 50.6 Å². The lowest BCUT2D eigenvalue weighted by Gasteiger charge is -2.26. The number of pyridine rings is 1. The highest BCUT2D eigenvalue weighted by atomic mass is 19.3. The van der Waals surface area contributed by atoms with Crippen LogP contribution >= 0.6 is 0 Å². The molecular weight excluding hydrogens is 564 g/mol. The summed E-state index contributed by atoms with van der Waals surface area (Å²) >= 11 is 0. The van der Waals surface area contributed by atoms with Gasteiger partial charge in [0.1, 0.15) is 16.9 Å². The van der Waals surface area contributed by atoms with Crippen molar-refractivity contribution < 1.29 is 26.8 Å². The molecule has 4 aromatic rings. The van der Waals surface area contributed by atoms with Crippen molar-refractivity contribution in [2.24, 2.45) is 5.73 Å². The van der Waals surface area contributed by atoms with E-state index in [-0.39, 0.29) is 47.1 Å². The number of carbonyl (C=O) groups excluding carboxylic acids is 1. The van der Waals surface area contributed by atoms with E-state index in [2.05, 4.69) is 15.2 Å². The molecule has 2 aromatic carbocycles. The van der Waals surface area contributed by atoms with E-state index >= 15 is 8.78 Å². The Kier molecular flexibility index (Phi) is 7.34. The smallest absolute Gasteiger partial charge is 0.272 e. The standard InChI is InChI=1S/C31H28F4N6O2/c1-29(2,16-36)28-40-39-26(43-28)20-11-25-21(12-22(20)32)30(3,33)13-23(37)27(42)41(25)15-17-5-7-18(8-6-17)24-10-9-19(14-38-24)31(4,34)35/h5-12,14,23H,13,15,37H2,1-4H3/t23-,30?/m1/s1. The van der Waals surface area contributed by atoms with Crippen LogP contribution in [-0.4, -0.2) is 27.1 Å². The first-order valence-electron chi connectivity index (χ1n) is 13.4. The lowest BCUT2D eigenvalue weighted by atomic mass is 9.90. The van der Waals surface area contributed by atoms with E-state index < -0.39 is 34.8 Å². The summed E-state index contributed by atoms with van der Waals surface area (Å²) in [6, 6.07) is 12.8. The number of nitrogens with zero attached hydrogens (tertiary/aromatic N) is 5. The Morgan fingerprint density at radius 1 is 1.14 bits per heavy atom. The molecule has 0 radical (unpaired) electrons. The Bertz CT molecular complexity index is 1720. The zero-order chi connectivity index (χ0) is 31.3. The predicted octanol–water partition coefficient (Wildman–Crippen LogP) is 6.30. The van der Waals surface area contributed by atoms with E-state index in [1.807, 2.05) is 6.07 Å². The van der Waals surface area contributed by atoms with Crippen LogP contribution in [0.15, 0.2) is 59.1 Å². The van der Waals surface area contributed by atoms with Crippen molar-refractivity contribution in [2.45, 2.75) is 63.7 Å². The van der Waals surface area contributed by atoms with Crippen molar-refractivity contribution in [3.05, 3.63) is 83.1 Å². The van der Waals surface area contributed by atoms with Crippen molar-refractivity contribution in [3.8, 4) is 28.8 Å². The molecule has 1 aliphatic heterocycles. The number of halogens is 4. The fraction of sp³-hybridized carbons (Fsp3) is 0.323. The number of anilines is 1. The lowest BCUT2D eigenvalue weighted by Crippen LogP contribution is -2.43. The maximum atomic E-state index is 16.0. The van der Waals surface area contributed by atoms with Crippen LogP contribution in [0.2, 0.25) is 0 Å². The summed E-state index contributed by atoms with van der Waals surface area (Å²) in [5.41, 5.74) is 4.25. The van der Waals surface area contributed by atoms with Crippen molar-refractivity contribution in [3.63, 3.8) is 0 Å². The number of benzene rings is 2. The molecule has 0 spiro atoms.